The minimum absolute atomic E-state index is 0.0936. The number of nitrogens with zero attached hydrogens (tertiary/aromatic N) is 5. The second kappa shape index (κ2) is 13.6. The van der Waals surface area contributed by atoms with E-state index >= 15 is 0 Å². The van der Waals surface area contributed by atoms with Crippen LogP contribution in [0.2, 0.25) is 5.02 Å². The zero-order chi connectivity index (χ0) is 34.2. The monoisotopic (exact) mass is 692 g/mol. The zero-order valence-corrected chi connectivity index (χ0v) is 28.9. The number of likely N-dealkylation sites (tertiary alicyclic amines) is 1. The summed E-state index contributed by atoms with van der Waals surface area (Å²) in [5.41, 5.74) is 8.99. The summed E-state index contributed by atoms with van der Waals surface area (Å²) in [6, 6.07) is 13.2. The van der Waals surface area contributed by atoms with Gasteiger partial charge in [-0.3, -0.25) is 9.36 Å². The number of hydrogen-bond donors (Lipinski definition) is 1. The van der Waals surface area contributed by atoms with Crippen LogP contribution in [0.4, 0.5) is 4.79 Å². The van der Waals surface area contributed by atoms with Crippen LogP contribution < -0.4 is 10.5 Å². The number of primary amides is 1. The molecule has 14 heteroatoms. The summed E-state index contributed by atoms with van der Waals surface area (Å²) in [7, 11) is 0. The van der Waals surface area contributed by atoms with Gasteiger partial charge < -0.3 is 29.3 Å². The Labute approximate surface area is 286 Å². The highest BCUT2D eigenvalue weighted by atomic mass is 35.5. The van der Waals surface area contributed by atoms with Gasteiger partial charge in [0.2, 0.25) is 11.8 Å². The molecule has 5 aromatic rings. The van der Waals surface area contributed by atoms with Crippen LogP contribution in [-0.4, -0.2) is 61.4 Å². The summed E-state index contributed by atoms with van der Waals surface area (Å²) < 4.78 is 25.5. The maximum atomic E-state index is 12.5. The average molecular weight is 693 g/mol. The van der Waals surface area contributed by atoms with Gasteiger partial charge in [-0.1, -0.05) is 23.7 Å². The third-order valence-corrected chi connectivity index (χ3v) is 9.48. The van der Waals surface area contributed by atoms with E-state index in [0.29, 0.717) is 58.9 Å². The molecule has 48 heavy (non-hydrogen) atoms. The van der Waals surface area contributed by atoms with E-state index < -0.39 is 17.6 Å². The number of imidazole rings is 1. The van der Waals surface area contributed by atoms with Crippen LogP contribution in [0, 0.1) is 6.92 Å². The van der Waals surface area contributed by atoms with Crippen molar-refractivity contribution in [3.8, 4) is 22.2 Å². The SMILES string of the molecule is Cc1nnc(-c2ccc3c(c2)ncn3-c2cc(CO[C@H](C)c3cccc(OC4CCN(C(=O)OC(C)(C)C)CC4)c3Cl)c(C(N)=O)s2)o1. The third-order valence-electron chi connectivity index (χ3n) is 7.88. The maximum absolute atomic E-state index is 12.5. The van der Waals surface area contributed by atoms with E-state index in [1.807, 2.05) is 74.7 Å². The lowest BCUT2D eigenvalue weighted by Crippen LogP contribution is -2.44. The summed E-state index contributed by atoms with van der Waals surface area (Å²) in [4.78, 5) is 31.6. The molecule has 0 aliphatic carbocycles. The molecule has 3 aromatic heterocycles. The lowest BCUT2D eigenvalue weighted by atomic mass is 10.1. The number of aryl methyl sites for hydroxylation is 1. The Morgan fingerprint density at radius 3 is 2.60 bits per heavy atom. The first-order valence-corrected chi connectivity index (χ1v) is 16.8. The quantitative estimate of drug-likeness (QED) is 0.169. The van der Waals surface area contributed by atoms with Crippen LogP contribution in [-0.2, 0) is 16.1 Å². The Morgan fingerprint density at radius 2 is 1.92 bits per heavy atom. The summed E-state index contributed by atoms with van der Waals surface area (Å²) in [5, 5.41) is 9.21. The molecule has 2 N–H and O–H groups in total. The number of carbonyl (C=O) groups is 2. The normalized spacial score (nSPS) is 14.8. The number of amides is 2. The lowest BCUT2D eigenvalue weighted by molar-refractivity contribution is 0.0125. The van der Waals surface area contributed by atoms with E-state index in [9.17, 15) is 9.59 Å². The van der Waals surface area contributed by atoms with Crippen molar-refractivity contribution in [3.05, 3.63) is 75.7 Å². The Bertz CT molecular complexity index is 1950. The van der Waals surface area contributed by atoms with Gasteiger partial charge >= 0.3 is 6.09 Å². The molecule has 1 aliphatic heterocycles. The fraction of sp³-hybridized carbons (Fsp3) is 0.382. The number of piperidine rings is 1. The summed E-state index contributed by atoms with van der Waals surface area (Å²) >= 11 is 8.10. The van der Waals surface area contributed by atoms with Crippen molar-refractivity contribution in [2.24, 2.45) is 5.73 Å². The Morgan fingerprint density at radius 1 is 1.15 bits per heavy atom. The Kier molecular flexibility index (Phi) is 9.46. The third kappa shape index (κ3) is 7.33. The minimum atomic E-state index is -0.540. The van der Waals surface area contributed by atoms with Crippen LogP contribution in [0.1, 0.15) is 73.3 Å². The molecule has 0 spiro atoms. The zero-order valence-electron chi connectivity index (χ0n) is 27.4. The summed E-state index contributed by atoms with van der Waals surface area (Å²) in [6.07, 6.45) is 2.20. The van der Waals surface area contributed by atoms with Crippen molar-refractivity contribution in [1.82, 2.24) is 24.6 Å². The number of nitrogens with two attached hydrogens (primary N) is 1. The van der Waals surface area contributed by atoms with Gasteiger partial charge in [-0.15, -0.1) is 21.5 Å². The maximum Gasteiger partial charge on any atom is 0.410 e. The van der Waals surface area contributed by atoms with Crippen molar-refractivity contribution in [2.45, 2.75) is 71.9 Å². The van der Waals surface area contributed by atoms with Crippen molar-refractivity contribution >= 4 is 46.0 Å². The van der Waals surface area contributed by atoms with Crippen molar-refractivity contribution in [3.63, 3.8) is 0 Å². The minimum Gasteiger partial charge on any atom is -0.489 e. The number of ether oxygens (including phenoxy) is 3. The number of benzene rings is 2. The molecule has 1 aliphatic rings. The Hall–Kier alpha value is -4.46. The molecule has 0 radical (unpaired) electrons. The van der Waals surface area contributed by atoms with Gasteiger partial charge in [0.05, 0.1) is 33.6 Å². The fourth-order valence-electron chi connectivity index (χ4n) is 5.48. The highest BCUT2D eigenvalue weighted by Gasteiger charge is 2.28. The molecule has 12 nitrogen and oxygen atoms in total. The van der Waals surface area contributed by atoms with Gasteiger partial charge in [0, 0.05) is 49.5 Å². The second-order valence-electron chi connectivity index (χ2n) is 12.6. The van der Waals surface area contributed by atoms with E-state index in [-0.39, 0.29) is 18.8 Å². The fourth-order valence-corrected chi connectivity index (χ4v) is 6.81. The molecule has 0 bridgehead atoms. The number of carbonyl (C=O) groups excluding carboxylic acids is 2. The van der Waals surface area contributed by atoms with Crippen LogP contribution in [0.5, 0.6) is 5.75 Å². The van der Waals surface area contributed by atoms with E-state index in [1.165, 1.54) is 11.3 Å². The highest BCUT2D eigenvalue weighted by Crippen LogP contribution is 2.36. The van der Waals surface area contributed by atoms with Crippen LogP contribution >= 0.6 is 22.9 Å². The first kappa shape index (κ1) is 33.4. The lowest BCUT2D eigenvalue weighted by Gasteiger charge is -2.33. The number of rotatable bonds is 9. The molecule has 2 amide bonds. The van der Waals surface area contributed by atoms with Gasteiger partial charge in [-0.05, 0) is 58.0 Å². The van der Waals surface area contributed by atoms with E-state index in [1.54, 1.807) is 18.2 Å². The number of aromatic nitrogens is 4. The van der Waals surface area contributed by atoms with E-state index in [4.69, 9.17) is 36.0 Å². The van der Waals surface area contributed by atoms with Gasteiger partial charge in [0.15, 0.2) is 0 Å². The predicted octanol–water partition coefficient (Wildman–Crippen LogP) is 7.25. The molecule has 0 saturated carbocycles. The van der Waals surface area contributed by atoms with Gasteiger partial charge in [0.1, 0.15) is 28.8 Å². The standard InChI is InChI=1S/C34H37ClN6O6S/c1-19(24-7-6-8-27(29(24)35)46-23-11-13-40(14-12-23)33(43)47-34(3,4)5)44-17-22-16-28(48-30(22)31(36)42)41-18-37-25-15-21(9-10-26(25)41)32-39-38-20(2)45-32/h6-10,15-16,18-19,23H,11-14,17H2,1-5H3,(H2,36,42)/t19-/m1/s1. The molecular formula is C34H37ClN6O6S. The highest BCUT2D eigenvalue weighted by molar-refractivity contribution is 7.16. The van der Waals surface area contributed by atoms with Gasteiger partial charge in [0.25, 0.3) is 5.91 Å². The molecular weight excluding hydrogens is 656 g/mol. The summed E-state index contributed by atoms with van der Waals surface area (Å²) in [5.74, 6) is 0.916. The van der Waals surface area contributed by atoms with Crippen LogP contribution in [0.25, 0.3) is 27.5 Å². The molecule has 252 valence electrons. The summed E-state index contributed by atoms with van der Waals surface area (Å²) in [6.45, 7) is 10.4. The number of thiophene rings is 1. The van der Waals surface area contributed by atoms with E-state index in [0.717, 1.165) is 27.2 Å². The molecule has 0 unspecified atom stereocenters. The van der Waals surface area contributed by atoms with Crippen molar-refractivity contribution in [1.29, 1.82) is 0 Å². The molecule has 1 atom stereocenters. The molecule has 1 fully saturated rings. The molecule has 6 rings (SSSR count). The average Bonchev–Trinajstić information content (AvgIpc) is 3.78. The van der Waals surface area contributed by atoms with Crippen LogP contribution in [0.15, 0.2) is 53.2 Å². The van der Waals surface area contributed by atoms with Crippen molar-refractivity contribution < 1.29 is 28.2 Å². The van der Waals surface area contributed by atoms with Crippen LogP contribution in [0.3, 0.4) is 0 Å². The number of halogens is 1. The number of hydrogen-bond acceptors (Lipinski definition) is 10. The first-order valence-electron chi connectivity index (χ1n) is 15.6. The largest absolute Gasteiger partial charge is 0.489 e. The smallest absolute Gasteiger partial charge is 0.410 e. The second-order valence-corrected chi connectivity index (χ2v) is 14.1. The first-order chi connectivity index (χ1) is 22.9. The molecule has 1 saturated heterocycles. The topological polar surface area (TPSA) is 148 Å². The van der Waals surface area contributed by atoms with Gasteiger partial charge in [-0.2, -0.15) is 0 Å². The predicted molar refractivity (Wildman–Crippen MR) is 182 cm³/mol. The van der Waals surface area contributed by atoms with Crippen molar-refractivity contribution in [2.75, 3.05) is 13.1 Å². The Balaban J connectivity index is 1.12. The molecule has 2 aromatic carbocycles. The van der Waals surface area contributed by atoms with Gasteiger partial charge in [-0.25, -0.2) is 9.78 Å². The number of fused-ring (bicyclic) bond motifs is 1. The van der Waals surface area contributed by atoms with E-state index in [2.05, 4.69) is 15.2 Å². The molecule has 4 heterocycles.